The van der Waals surface area contributed by atoms with Crippen LogP contribution < -0.4 is 4.74 Å². The highest BCUT2D eigenvalue weighted by molar-refractivity contribution is 5.83. The van der Waals surface area contributed by atoms with Gasteiger partial charge in [0.15, 0.2) is 0 Å². The number of hydrogen-bond donors (Lipinski definition) is 1. The van der Waals surface area contributed by atoms with Crippen molar-refractivity contribution in [1.82, 2.24) is 0 Å². The van der Waals surface area contributed by atoms with Crippen molar-refractivity contribution in [3.8, 4) is 17.6 Å². The van der Waals surface area contributed by atoms with Gasteiger partial charge >= 0.3 is 0 Å². The minimum atomic E-state index is 0.470. The Labute approximate surface area is 104 Å². The third-order valence-electron chi connectivity index (χ3n) is 2.31. The molecule has 0 aliphatic carbocycles. The second kappa shape index (κ2) is 5.51. The summed E-state index contributed by atoms with van der Waals surface area (Å²) in [5.74, 6) is 1.12. The molecular weight excluding hydrogens is 228 g/mol. The number of rotatable bonds is 3. The highest BCUT2D eigenvalue weighted by Crippen LogP contribution is 2.25. The number of benzene rings is 2. The Hall–Kier alpha value is -2.80. The van der Waals surface area contributed by atoms with Gasteiger partial charge in [-0.15, -0.1) is 0 Å². The van der Waals surface area contributed by atoms with E-state index in [2.05, 4.69) is 5.16 Å². The number of oxime groups is 1. The van der Waals surface area contributed by atoms with Crippen molar-refractivity contribution < 1.29 is 9.94 Å². The van der Waals surface area contributed by atoms with Crippen molar-refractivity contribution in [2.24, 2.45) is 5.16 Å². The molecule has 0 radical (unpaired) electrons. The molecule has 0 aliphatic heterocycles. The van der Waals surface area contributed by atoms with Crippen molar-refractivity contribution in [3.05, 3.63) is 59.7 Å². The number of para-hydroxylation sites is 1. The van der Waals surface area contributed by atoms with E-state index in [9.17, 15) is 0 Å². The van der Waals surface area contributed by atoms with Crippen LogP contribution in [-0.4, -0.2) is 11.4 Å². The first-order valence-corrected chi connectivity index (χ1v) is 5.28. The van der Waals surface area contributed by atoms with Crippen LogP contribution in [0.4, 0.5) is 0 Å². The first kappa shape index (κ1) is 11.7. The summed E-state index contributed by atoms with van der Waals surface area (Å²) in [4.78, 5) is 0. The van der Waals surface area contributed by atoms with Gasteiger partial charge in [0, 0.05) is 5.56 Å². The average Bonchev–Trinajstić information content (AvgIpc) is 2.42. The maximum absolute atomic E-state index is 8.86. The molecule has 4 nitrogen and oxygen atoms in total. The fourth-order valence-corrected chi connectivity index (χ4v) is 1.48. The van der Waals surface area contributed by atoms with Gasteiger partial charge in [0.25, 0.3) is 0 Å². The van der Waals surface area contributed by atoms with E-state index in [1.54, 1.807) is 30.3 Å². The van der Waals surface area contributed by atoms with Crippen molar-refractivity contribution in [2.45, 2.75) is 0 Å². The zero-order valence-electron chi connectivity index (χ0n) is 9.45. The highest BCUT2D eigenvalue weighted by atomic mass is 16.5. The molecule has 0 unspecified atom stereocenters. The molecule has 0 bridgehead atoms. The van der Waals surface area contributed by atoms with Crippen molar-refractivity contribution >= 4 is 6.21 Å². The molecule has 2 aromatic carbocycles. The minimum Gasteiger partial charge on any atom is -0.457 e. The summed E-state index contributed by atoms with van der Waals surface area (Å²) in [5, 5.41) is 20.4. The summed E-state index contributed by atoms with van der Waals surface area (Å²) >= 11 is 0. The summed E-state index contributed by atoms with van der Waals surface area (Å²) in [7, 11) is 0. The predicted molar refractivity (Wildman–Crippen MR) is 67.1 cm³/mol. The lowest BCUT2D eigenvalue weighted by Crippen LogP contribution is -1.92. The number of hydrogen-bond acceptors (Lipinski definition) is 4. The average molecular weight is 238 g/mol. The van der Waals surface area contributed by atoms with Gasteiger partial charge in [-0.25, -0.2) is 0 Å². The number of nitriles is 1. The molecule has 0 amide bonds. The van der Waals surface area contributed by atoms with Crippen LogP contribution in [0, 0.1) is 11.3 Å². The van der Waals surface area contributed by atoms with Crippen LogP contribution in [0.2, 0.25) is 0 Å². The van der Waals surface area contributed by atoms with Gasteiger partial charge in [-0.2, -0.15) is 5.26 Å². The standard InChI is InChI=1S/C14H10N2O2/c15-9-11-6-7-12(10-16-17)14(8-11)18-13-4-2-1-3-5-13/h1-8,10,17H/b16-10-. The maximum Gasteiger partial charge on any atom is 0.137 e. The second-order valence-corrected chi connectivity index (χ2v) is 3.52. The molecule has 0 atom stereocenters. The topological polar surface area (TPSA) is 65.6 Å². The second-order valence-electron chi connectivity index (χ2n) is 3.52. The zero-order chi connectivity index (χ0) is 12.8. The summed E-state index contributed by atoms with van der Waals surface area (Å²) in [6, 6.07) is 16.1. The van der Waals surface area contributed by atoms with Crippen LogP contribution in [0.25, 0.3) is 0 Å². The highest BCUT2D eigenvalue weighted by Gasteiger charge is 2.05. The van der Waals surface area contributed by atoms with Crippen LogP contribution in [0.5, 0.6) is 11.5 Å². The Morgan fingerprint density at radius 1 is 1.17 bits per heavy atom. The molecule has 0 saturated carbocycles. The lowest BCUT2D eigenvalue weighted by atomic mass is 10.1. The fraction of sp³-hybridized carbons (Fsp3) is 0. The van der Waals surface area contributed by atoms with Crippen LogP contribution >= 0.6 is 0 Å². The first-order chi connectivity index (χ1) is 8.83. The van der Waals surface area contributed by atoms with Crippen LogP contribution in [0.1, 0.15) is 11.1 Å². The quantitative estimate of drug-likeness (QED) is 0.507. The van der Waals surface area contributed by atoms with Gasteiger partial charge in [0.05, 0.1) is 17.8 Å². The molecule has 0 heterocycles. The van der Waals surface area contributed by atoms with Gasteiger partial charge < -0.3 is 9.94 Å². The normalized spacial score (nSPS) is 10.2. The largest absolute Gasteiger partial charge is 0.457 e. The van der Waals surface area contributed by atoms with E-state index in [0.29, 0.717) is 22.6 Å². The van der Waals surface area contributed by atoms with E-state index >= 15 is 0 Å². The molecule has 2 aromatic rings. The summed E-state index contributed by atoms with van der Waals surface area (Å²) in [5.41, 5.74) is 1.08. The van der Waals surface area contributed by atoms with Crippen molar-refractivity contribution in [2.75, 3.05) is 0 Å². The molecule has 0 aromatic heterocycles. The number of nitrogens with zero attached hydrogens (tertiary/aromatic N) is 2. The van der Waals surface area contributed by atoms with E-state index in [1.807, 2.05) is 24.3 Å². The van der Waals surface area contributed by atoms with Crippen LogP contribution in [-0.2, 0) is 0 Å². The SMILES string of the molecule is N#Cc1ccc(/C=N\O)c(Oc2ccccc2)c1. The Kier molecular flexibility index (Phi) is 3.57. The molecule has 18 heavy (non-hydrogen) atoms. The van der Waals surface area contributed by atoms with E-state index in [-0.39, 0.29) is 0 Å². The van der Waals surface area contributed by atoms with Gasteiger partial charge in [0.2, 0.25) is 0 Å². The molecule has 88 valence electrons. The monoisotopic (exact) mass is 238 g/mol. The molecular formula is C14H10N2O2. The minimum absolute atomic E-state index is 0.470. The Balaban J connectivity index is 2.38. The predicted octanol–water partition coefficient (Wildman–Crippen LogP) is 3.16. The van der Waals surface area contributed by atoms with Gasteiger partial charge in [-0.05, 0) is 30.3 Å². The van der Waals surface area contributed by atoms with Crippen molar-refractivity contribution in [1.29, 1.82) is 5.26 Å². The summed E-state index contributed by atoms with van der Waals surface area (Å²) in [6.07, 6.45) is 1.26. The molecule has 1 N–H and O–H groups in total. The van der Waals surface area contributed by atoms with Gasteiger partial charge in [-0.3, -0.25) is 0 Å². The van der Waals surface area contributed by atoms with E-state index in [4.69, 9.17) is 15.2 Å². The summed E-state index contributed by atoms with van der Waals surface area (Å²) in [6.45, 7) is 0. The molecule has 4 heteroatoms. The van der Waals surface area contributed by atoms with Gasteiger partial charge in [-0.1, -0.05) is 23.4 Å². The first-order valence-electron chi connectivity index (χ1n) is 5.28. The zero-order valence-corrected chi connectivity index (χ0v) is 9.45. The molecule has 2 rings (SSSR count). The molecule has 0 spiro atoms. The molecule has 0 aliphatic rings. The van der Waals surface area contributed by atoms with Crippen molar-refractivity contribution in [3.63, 3.8) is 0 Å². The van der Waals surface area contributed by atoms with E-state index in [0.717, 1.165) is 0 Å². The Bertz CT molecular complexity index is 601. The smallest absolute Gasteiger partial charge is 0.137 e. The van der Waals surface area contributed by atoms with Gasteiger partial charge in [0.1, 0.15) is 11.5 Å². The summed E-state index contributed by atoms with van der Waals surface area (Å²) < 4.78 is 5.65. The number of ether oxygens (including phenoxy) is 1. The third-order valence-corrected chi connectivity index (χ3v) is 2.31. The Morgan fingerprint density at radius 3 is 2.61 bits per heavy atom. The lowest BCUT2D eigenvalue weighted by molar-refractivity contribution is 0.321. The molecule has 0 saturated heterocycles. The molecule has 0 fully saturated rings. The lowest BCUT2D eigenvalue weighted by Gasteiger charge is -2.08. The van der Waals surface area contributed by atoms with Crippen LogP contribution in [0.3, 0.4) is 0 Å². The van der Waals surface area contributed by atoms with E-state index < -0.39 is 0 Å². The third kappa shape index (κ3) is 2.66. The fourth-order valence-electron chi connectivity index (χ4n) is 1.48. The Morgan fingerprint density at radius 2 is 1.94 bits per heavy atom. The van der Waals surface area contributed by atoms with Crippen LogP contribution in [0.15, 0.2) is 53.7 Å². The van der Waals surface area contributed by atoms with E-state index in [1.165, 1.54) is 6.21 Å². The maximum atomic E-state index is 8.86.